The highest BCUT2D eigenvalue weighted by molar-refractivity contribution is 6.15. The number of nitrogens with zero attached hydrogens (tertiary/aromatic N) is 3. The molecule has 0 aliphatic carbocycles. The molecule has 0 radical (unpaired) electrons. The van der Waals surface area contributed by atoms with Crippen LogP contribution in [0.4, 0.5) is 11.9 Å². The minimum absolute atomic E-state index is 0.0480. The molecule has 1 aliphatic heterocycles. The second-order valence-corrected chi connectivity index (χ2v) is 4.38. The number of nitrogen functional groups attached to an aromatic ring is 1. The molecule has 1 aromatic heterocycles. The van der Waals surface area contributed by atoms with Gasteiger partial charge in [-0.3, -0.25) is 14.9 Å². The van der Waals surface area contributed by atoms with Crippen LogP contribution in [0.25, 0.3) is 0 Å². The maximum Gasteiger partial charge on any atom is 0.267 e. The summed E-state index contributed by atoms with van der Waals surface area (Å²) in [5.41, 5.74) is 7.10. The maximum absolute atomic E-state index is 12.3. The van der Waals surface area contributed by atoms with E-state index in [0.29, 0.717) is 5.56 Å². The predicted molar refractivity (Wildman–Crippen MR) is 67.6 cm³/mol. The number of anilines is 2. The Hall–Kier alpha value is -2.70. The normalized spacial score (nSPS) is 18.1. The van der Waals surface area contributed by atoms with Crippen molar-refractivity contribution in [2.45, 2.75) is 12.8 Å². The van der Waals surface area contributed by atoms with Gasteiger partial charge in [-0.15, -0.1) is 5.10 Å². The first-order chi connectivity index (χ1) is 9.06. The predicted octanol–water partition coefficient (Wildman–Crippen LogP) is 0.545. The van der Waals surface area contributed by atoms with Gasteiger partial charge in [-0.05, 0) is 12.5 Å². The average molecular weight is 257 g/mol. The summed E-state index contributed by atoms with van der Waals surface area (Å²) in [6, 6.07) is 7.20. The highest BCUT2D eigenvalue weighted by atomic mass is 16.2. The molecule has 1 atom stereocenters. The van der Waals surface area contributed by atoms with Gasteiger partial charge in [0.1, 0.15) is 5.92 Å². The van der Waals surface area contributed by atoms with Crippen LogP contribution in [0.5, 0.6) is 0 Å². The third kappa shape index (κ3) is 1.75. The highest BCUT2D eigenvalue weighted by Gasteiger charge is 2.37. The molecule has 0 saturated heterocycles. The van der Waals surface area contributed by atoms with Gasteiger partial charge in [0.25, 0.3) is 5.91 Å². The molecule has 3 rings (SSSR count). The van der Waals surface area contributed by atoms with Crippen molar-refractivity contribution in [2.24, 2.45) is 0 Å². The summed E-state index contributed by atoms with van der Waals surface area (Å²) in [7, 11) is 0. The largest absolute Gasteiger partial charge is 0.366 e. The van der Waals surface area contributed by atoms with Gasteiger partial charge in [0.2, 0.25) is 17.8 Å². The molecule has 19 heavy (non-hydrogen) atoms. The molecular weight excluding hydrogens is 246 g/mol. The van der Waals surface area contributed by atoms with Crippen molar-refractivity contribution in [3.8, 4) is 0 Å². The van der Waals surface area contributed by atoms with Crippen molar-refractivity contribution in [1.29, 1.82) is 0 Å². The van der Waals surface area contributed by atoms with Crippen molar-refractivity contribution in [3.05, 3.63) is 35.4 Å². The van der Waals surface area contributed by atoms with E-state index in [0.717, 1.165) is 10.2 Å². The third-order valence-corrected chi connectivity index (χ3v) is 2.99. The summed E-state index contributed by atoms with van der Waals surface area (Å²) < 4.78 is 1.03. The molecule has 0 spiro atoms. The SMILES string of the molecule is Cc1ccc(C2C(=O)Nc3nc(N)nn3C2=O)cc1. The van der Waals surface area contributed by atoms with Crippen LogP contribution in [0.2, 0.25) is 0 Å². The first-order valence-electron chi connectivity index (χ1n) is 5.70. The second-order valence-electron chi connectivity index (χ2n) is 4.38. The van der Waals surface area contributed by atoms with Crippen LogP contribution >= 0.6 is 0 Å². The van der Waals surface area contributed by atoms with Crippen LogP contribution in [0.1, 0.15) is 21.8 Å². The molecule has 2 aromatic rings. The number of hydrogen-bond donors (Lipinski definition) is 2. The van der Waals surface area contributed by atoms with Crippen molar-refractivity contribution < 1.29 is 9.59 Å². The van der Waals surface area contributed by atoms with E-state index in [9.17, 15) is 9.59 Å². The zero-order chi connectivity index (χ0) is 13.6. The zero-order valence-corrected chi connectivity index (χ0v) is 10.1. The molecule has 1 aromatic carbocycles. The maximum atomic E-state index is 12.3. The Labute approximate surface area is 108 Å². The van der Waals surface area contributed by atoms with Crippen molar-refractivity contribution >= 4 is 23.7 Å². The lowest BCUT2D eigenvalue weighted by Crippen LogP contribution is -2.38. The molecule has 1 unspecified atom stereocenters. The lowest BCUT2D eigenvalue weighted by Gasteiger charge is -2.20. The highest BCUT2D eigenvalue weighted by Crippen LogP contribution is 2.26. The standard InChI is InChI=1S/C12H11N5O2/c1-6-2-4-7(5-3-6)8-9(18)14-12-15-11(13)16-17(12)10(8)19/h2-5,8H,1H3,(H3,13,14,15,16,18). The number of benzene rings is 1. The van der Waals surface area contributed by atoms with E-state index >= 15 is 0 Å². The number of fused-ring (bicyclic) bond motifs is 1. The fourth-order valence-electron chi connectivity index (χ4n) is 2.03. The average Bonchev–Trinajstić information content (AvgIpc) is 2.72. The van der Waals surface area contributed by atoms with E-state index in [2.05, 4.69) is 15.4 Å². The first kappa shape index (κ1) is 11.4. The molecule has 0 bridgehead atoms. The van der Waals surface area contributed by atoms with Gasteiger partial charge in [0, 0.05) is 0 Å². The molecule has 2 heterocycles. The summed E-state index contributed by atoms with van der Waals surface area (Å²) in [6.07, 6.45) is 0. The smallest absolute Gasteiger partial charge is 0.267 e. The Bertz CT molecular complexity index is 674. The van der Waals surface area contributed by atoms with E-state index in [1.807, 2.05) is 19.1 Å². The van der Waals surface area contributed by atoms with Gasteiger partial charge in [-0.2, -0.15) is 9.67 Å². The monoisotopic (exact) mass is 257 g/mol. The Morgan fingerprint density at radius 3 is 2.63 bits per heavy atom. The molecule has 0 saturated carbocycles. The number of carbonyl (C=O) groups excluding carboxylic acids is 2. The Balaban J connectivity index is 2.06. The van der Waals surface area contributed by atoms with E-state index in [-0.39, 0.29) is 11.9 Å². The fraction of sp³-hybridized carbons (Fsp3) is 0.167. The lowest BCUT2D eigenvalue weighted by molar-refractivity contribution is -0.117. The number of hydrogen-bond acceptors (Lipinski definition) is 5. The van der Waals surface area contributed by atoms with Crippen molar-refractivity contribution in [3.63, 3.8) is 0 Å². The van der Waals surface area contributed by atoms with E-state index in [1.165, 1.54) is 0 Å². The van der Waals surface area contributed by atoms with Gasteiger partial charge in [-0.1, -0.05) is 29.8 Å². The van der Waals surface area contributed by atoms with E-state index in [4.69, 9.17) is 5.73 Å². The molecule has 7 nitrogen and oxygen atoms in total. The minimum atomic E-state index is -0.922. The summed E-state index contributed by atoms with van der Waals surface area (Å²) in [4.78, 5) is 28.0. The Kier molecular flexibility index (Phi) is 2.34. The van der Waals surface area contributed by atoms with E-state index < -0.39 is 17.7 Å². The van der Waals surface area contributed by atoms with Gasteiger partial charge in [0.15, 0.2) is 0 Å². The van der Waals surface area contributed by atoms with Gasteiger partial charge < -0.3 is 5.73 Å². The first-order valence-corrected chi connectivity index (χ1v) is 5.70. The van der Waals surface area contributed by atoms with Crippen molar-refractivity contribution in [1.82, 2.24) is 14.8 Å². The molecule has 1 amide bonds. The fourth-order valence-corrected chi connectivity index (χ4v) is 2.03. The van der Waals surface area contributed by atoms with Crippen LogP contribution in [0, 0.1) is 6.92 Å². The number of nitrogens with one attached hydrogen (secondary N) is 1. The molecular formula is C12H11N5O2. The number of rotatable bonds is 1. The molecule has 1 aliphatic rings. The quantitative estimate of drug-likeness (QED) is 0.726. The zero-order valence-electron chi connectivity index (χ0n) is 10.1. The topological polar surface area (TPSA) is 103 Å². The van der Waals surface area contributed by atoms with Gasteiger partial charge >= 0.3 is 0 Å². The lowest BCUT2D eigenvalue weighted by atomic mass is 9.95. The number of carbonyl (C=O) groups is 2. The van der Waals surface area contributed by atoms with Crippen LogP contribution < -0.4 is 11.1 Å². The van der Waals surface area contributed by atoms with E-state index in [1.54, 1.807) is 12.1 Å². The van der Waals surface area contributed by atoms with Gasteiger partial charge in [0.05, 0.1) is 0 Å². The Morgan fingerprint density at radius 2 is 1.95 bits per heavy atom. The number of nitrogens with two attached hydrogens (primary N) is 1. The van der Waals surface area contributed by atoms with Crippen molar-refractivity contribution in [2.75, 3.05) is 11.1 Å². The summed E-state index contributed by atoms with van der Waals surface area (Å²) in [5, 5.41) is 6.30. The number of aromatic nitrogens is 3. The number of aryl methyl sites for hydroxylation is 1. The van der Waals surface area contributed by atoms with Gasteiger partial charge in [-0.25, -0.2) is 0 Å². The molecule has 96 valence electrons. The van der Waals surface area contributed by atoms with Crippen LogP contribution in [0.15, 0.2) is 24.3 Å². The van der Waals surface area contributed by atoms with Crippen LogP contribution in [-0.4, -0.2) is 26.6 Å². The summed E-state index contributed by atoms with van der Waals surface area (Å²) in [6.45, 7) is 1.93. The summed E-state index contributed by atoms with van der Waals surface area (Å²) >= 11 is 0. The Morgan fingerprint density at radius 1 is 1.26 bits per heavy atom. The second kappa shape index (κ2) is 3.91. The summed E-state index contributed by atoms with van der Waals surface area (Å²) in [5.74, 6) is -1.78. The number of amides is 1. The van der Waals surface area contributed by atoms with Crippen LogP contribution in [-0.2, 0) is 4.79 Å². The molecule has 3 N–H and O–H groups in total. The molecule has 7 heteroatoms. The molecule has 0 fully saturated rings. The third-order valence-electron chi connectivity index (χ3n) is 2.99. The van der Waals surface area contributed by atoms with Crippen LogP contribution in [0.3, 0.4) is 0 Å². The minimum Gasteiger partial charge on any atom is -0.366 e.